The Morgan fingerprint density at radius 2 is 1.86 bits per heavy atom. The maximum absolute atomic E-state index is 10.7. The first-order chi connectivity index (χ1) is 3.06. The van der Waals surface area contributed by atoms with E-state index in [1.54, 1.807) is 13.8 Å². The van der Waals surface area contributed by atoms with Crippen molar-refractivity contribution in [2.45, 2.75) is 39.2 Å². The lowest BCUT2D eigenvalue weighted by Crippen LogP contribution is -2.35. The Kier molecular flexibility index (Phi) is 2.30. The van der Waals surface area contributed by atoms with Gasteiger partial charge in [-0.05, 0) is 0 Å². The standard InChI is InChI=1S/C6H13O/c1-4-5-6(2,3)7/h4-5H2,1-3H3/q-1. The summed E-state index contributed by atoms with van der Waals surface area (Å²) in [6.07, 6.45) is 1.78. The van der Waals surface area contributed by atoms with Gasteiger partial charge in [-0.2, -0.15) is 0 Å². The highest BCUT2D eigenvalue weighted by Gasteiger charge is 1.96. The van der Waals surface area contributed by atoms with Crippen LogP contribution >= 0.6 is 0 Å². The molecule has 0 saturated heterocycles. The highest BCUT2D eigenvalue weighted by Crippen LogP contribution is 2.04. The summed E-state index contributed by atoms with van der Waals surface area (Å²) >= 11 is 0. The zero-order valence-electron chi connectivity index (χ0n) is 5.32. The molecule has 44 valence electrons. The molecule has 1 heteroatoms. The van der Waals surface area contributed by atoms with E-state index in [0.29, 0.717) is 0 Å². The summed E-state index contributed by atoms with van der Waals surface area (Å²) in [5.41, 5.74) is -0.700. The van der Waals surface area contributed by atoms with E-state index < -0.39 is 5.60 Å². The molecule has 0 bridgehead atoms. The lowest BCUT2D eigenvalue weighted by atomic mass is 10.0. The van der Waals surface area contributed by atoms with E-state index in [1.165, 1.54) is 0 Å². The van der Waals surface area contributed by atoms with E-state index in [9.17, 15) is 5.11 Å². The maximum atomic E-state index is 10.7. The quantitative estimate of drug-likeness (QED) is 0.507. The van der Waals surface area contributed by atoms with Crippen molar-refractivity contribution >= 4 is 0 Å². The van der Waals surface area contributed by atoms with Crippen LogP contribution in [0, 0.1) is 0 Å². The third kappa shape index (κ3) is 5.96. The van der Waals surface area contributed by atoms with Gasteiger partial charge in [-0.15, -0.1) is 5.60 Å². The fourth-order valence-electron chi connectivity index (χ4n) is 0.602. The normalized spacial score (nSPS) is 12.0. The molecule has 0 unspecified atom stereocenters. The zero-order chi connectivity index (χ0) is 5.91. The summed E-state index contributed by atoms with van der Waals surface area (Å²) < 4.78 is 0. The van der Waals surface area contributed by atoms with E-state index in [4.69, 9.17) is 0 Å². The second-order valence-corrected chi connectivity index (χ2v) is 2.51. The van der Waals surface area contributed by atoms with Crippen molar-refractivity contribution in [3.8, 4) is 0 Å². The molecule has 0 aliphatic rings. The van der Waals surface area contributed by atoms with Gasteiger partial charge >= 0.3 is 0 Å². The molecule has 0 radical (unpaired) electrons. The molecule has 0 rings (SSSR count). The molecule has 0 aromatic heterocycles. The molecule has 1 nitrogen and oxygen atoms in total. The van der Waals surface area contributed by atoms with Gasteiger partial charge in [-0.1, -0.05) is 33.6 Å². The van der Waals surface area contributed by atoms with Crippen LogP contribution in [-0.4, -0.2) is 5.60 Å². The van der Waals surface area contributed by atoms with Gasteiger partial charge in [0.15, 0.2) is 0 Å². The van der Waals surface area contributed by atoms with Crippen LogP contribution in [0.25, 0.3) is 0 Å². The molecular formula is C6H13O-. The lowest BCUT2D eigenvalue weighted by Gasteiger charge is -2.30. The minimum Gasteiger partial charge on any atom is -0.850 e. The second kappa shape index (κ2) is 2.31. The first-order valence-corrected chi connectivity index (χ1v) is 2.76. The highest BCUT2D eigenvalue weighted by atomic mass is 16.3. The van der Waals surface area contributed by atoms with Gasteiger partial charge in [0.2, 0.25) is 0 Å². The van der Waals surface area contributed by atoms with Crippen LogP contribution in [0.5, 0.6) is 0 Å². The second-order valence-electron chi connectivity index (χ2n) is 2.51. The van der Waals surface area contributed by atoms with E-state index in [2.05, 4.69) is 0 Å². The van der Waals surface area contributed by atoms with Gasteiger partial charge in [-0.25, -0.2) is 0 Å². The van der Waals surface area contributed by atoms with Crippen molar-refractivity contribution in [1.82, 2.24) is 0 Å². The molecular weight excluding hydrogens is 88.1 g/mol. The van der Waals surface area contributed by atoms with Crippen molar-refractivity contribution in [2.24, 2.45) is 0 Å². The molecule has 0 spiro atoms. The van der Waals surface area contributed by atoms with Gasteiger partial charge in [-0.3, -0.25) is 0 Å². The minimum atomic E-state index is -0.700. The molecule has 0 saturated carbocycles. The Morgan fingerprint density at radius 1 is 1.43 bits per heavy atom. The third-order valence-electron chi connectivity index (χ3n) is 0.852. The molecule has 7 heavy (non-hydrogen) atoms. The van der Waals surface area contributed by atoms with E-state index in [-0.39, 0.29) is 0 Å². The summed E-state index contributed by atoms with van der Waals surface area (Å²) in [4.78, 5) is 0. The number of hydrogen-bond donors (Lipinski definition) is 0. The lowest BCUT2D eigenvalue weighted by molar-refractivity contribution is -0.467. The molecule has 0 fully saturated rings. The number of hydrogen-bond acceptors (Lipinski definition) is 1. The topological polar surface area (TPSA) is 23.1 Å². The summed E-state index contributed by atoms with van der Waals surface area (Å²) in [6.45, 7) is 5.46. The van der Waals surface area contributed by atoms with Crippen LogP contribution in [0.15, 0.2) is 0 Å². The Bertz CT molecular complexity index is 42.6. The monoisotopic (exact) mass is 101 g/mol. The molecule has 0 aliphatic heterocycles. The fraction of sp³-hybridized carbons (Fsp3) is 1.00. The van der Waals surface area contributed by atoms with Crippen LogP contribution in [-0.2, 0) is 0 Å². The molecule has 0 amide bonds. The van der Waals surface area contributed by atoms with Crippen LogP contribution in [0.4, 0.5) is 0 Å². The van der Waals surface area contributed by atoms with Crippen LogP contribution < -0.4 is 5.11 Å². The predicted molar refractivity (Wildman–Crippen MR) is 29.0 cm³/mol. The van der Waals surface area contributed by atoms with E-state index >= 15 is 0 Å². The zero-order valence-corrected chi connectivity index (χ0v) is 5.32. The predicted octanol–water partition coefficient (Wildman–Crippen LogP) is 0.925. The Hall–Kier alpha value is -0.0400. The SMILES string of the molecule is CCCC(C)(C)[O-]. The van der Waals surface area contributed by atoms with Gasteiger partial charge in [0.25, 0.3) is 0 Å². The van der Waals surface area contributed by atoms with Gasteiger partial charge in [0, 0.05) is 0 Å². The summed E-state index contributed by atoms with van der Waals surface area (Å²) in [7, 11) is 0. The molecule has 0 aliphatic carbocycles. The van der Waals surface area contributed by atoms with Gasteiger partial charge in [0.1, 0.15) is 0 Å². The van der Waals surface area contributed by atoms with Crippen molar-refractivity contribution in [1.29, 1.82) is 0 Å². The van der Waals surface area contributed by atoms with Crippen LogP contribution in [0.2, 0.25) is 0 Å². The van der Waals surface area contributed by atoms with Crippen molar-refractivity contribution < 1.29 is 5.11 Å². The smallest absolute Gasteiger partial charge is 0.0570 e. The van der Waals surface area contributed by atoms with E-state index in [0.717, 1.165) is 12.8 Å². The fourth-order valence-corrected chi connectivity index (χ4v) is 0.602. The summed E-state index contributed by atoms with van der Waals surface area (Å²) in [6, 6.07) is 0. The largest absolute Gasteiger partial charge is 0.850 e. The average molecular weight is 101 g/mol. The summed E-state index contributed by atoms with van der Waals surface area (Å²) in [5.74, 6) is 0. The first-order valence-electron chi connectivity index (χ1n) is 2.76. The van der Waals surface area contributed by atoms with Crippen LogP contribution in [0.3, 0.4) is 0 Å². The average Bonchev–Trinajstić information content (AvgIpc) is 1.30. The Morgan fingerprint density at radius 3 is 1.86 bits per heavy atom. The van der Waals surface area contributed by atoms with E-state index in [1.807, 2.05) is 6.92 Å². The maximum Gasteiger partial charge on any atom is -0.0570 e. The molecule has 0 N–H and O–H groups in total. The van der Waals surface area contributed by atoms with Crippen molar-refractivity contribution in [3.05, 3.63) is 0 Å². The molecule has 0 aromatic carbocycles. The first kappa shape index (κ1) is 6.96. The Labute approximate surface area is 45.4 Å². The third-order valence-corrected chi connectivity index (χ3v) is 0.852. The van der Waals surface area contributed by atoms with Crippen LogP contribution in [0.1, 0.15) is 33.6 Å². The molecule has 0 heterocycles. The van der Waals surface area contributed by atoms with Crippen molar-refractivity contribution in [2.75, 3.05) is 0 Å². The van der Waals surface area contributed by atoms with Crippen molar-refractivity contribution in [3.63, 3.8) is 0 Å². The number of rotatable bonds is 2. The van der Waals surface area contributed by atoms with Gasteiger partial charge in [0.05, 0.1) is 0 Å². The minimum absolute atomic E-state index is 0.700. The van der Waals surface area contributed by atoms with Gasteiger partial charge < -0.3 is 5.11 Å². The summed E-state index contributed by atoms with van der Waals surface area (Å²) in [5, 5.41) is 10.7. The molecule has 0 aromatic rings. The Balaban J connectivity index is 3.15. The molecule has 0 atom stereocenters. The highest BCUT2D eigenvalue weighted by molar-refractivity contribution is 4.59.